The van der Waals surface area contributed by atoms with Gasteiger partial charge in [0, 0.05) is 31.0 Å². The molecule has 116 valence electrons. The lowest BCUT2D eigenvalue weighted by Crippen LogP contribution is -2.63. The Hall–Kier alpha value is -1.36. The summed E-state index contributed by atoms with van der Waals surface area (Å²) in [6, 6.07) is 0.488. The summed E-state index contributed by atoms with van der Waals surface area (Å²) in [5.41, 5.74) is 5.36. The molecule has 2 N–H and O–H groups in total. The van der Waals surface area contributed by atoms with Crippen molar-refractivity contribution >= 4 is 11.8 Å². The topological polar surface area (TPSA) is 66.6 Å². The Bertz CT molecular complexity index is 435. The number of likely N-dealkylation sites (tertiary alicyclic amines) is 2. The number of primary amides is 1. The summed E-state index contributed by atoms with van der Waals surface area (Å²) in [5, 5.41) is 0. The molecule has 0 aromatic carbocycles. The average molecular weight is 291 g/mol. The number of allylic oxidation sites excluding steroid dienone is 2. The van der Waals surface area contributed by atoms with Crippen LogP contribution in [-0.2, 0) is 9.59 Å². The van der Waals surface area contributed by atoms with E-state index in [1.165, 1.54) is 0 Å². The lowest BCUT2D eigenvalue weighted by molar-refractivity contribution is -0.144. The van der Waals surface area contributed by atoms with E-state index in [2.05, 4.69) is 17.1 Å². The lowest BCUT2D eigenvalue weighted by Gasteiger charge is -2.48. The normalized spacial score (nSPS) is 28.4. The van der Waals surface area contributed by atoms with Crippen LogP contribution in [0.4, 0.5) is 0 Å². The molecular weight excluding hydrogens is 266 g/mol. The summed E-state index contributed by atoms with van der Waals surface area (Å²) < 4.78 is 0. The van der Waals surface area contributed by atoms with E-state index in [1.807, 2.05) is 4.90 Å². The van der Waals surface area contributed by atoms with Crippen LogP contribution in [0.25, 0.3) is 0 Å². The zero-order chi connectivity index (χ0) is 14.8. The Balaban J connectivity index is 1.42. The number of amides is 2. The lowest BCUT2D eigenvalue weighted by atomic mass is 9.90. The summed E-state index contributed by atoms with van der Waals surface area (Å²) in [6.45, 7) is 3.60. The summed E-state index contributed by atoms with van der Waals surface area (Å²) in [6.07, 6.45) is 8.99. The molecule has 0 aromatic heterocycles. The van der Waals surface area contributed by atoms with Gasteiger partial charge in [0.2, 0.25) is 11.8 Å². The zero-order valence-corrected chi connectivity index (χ0v) is 12.5. The van der Waals surface area contributed by atoms with Gasteiger partial charge in [-0.15, -0.1) is 0 Å². The van der Waals surface area contributed by atoms with E-state index in [9.17, 15) is 9.59 Å². The summed E-state index contributed by atoms with van der Waals surface area (Å²) in [4.78, 5) is 28.0. The van der Waals surface area contributed by atoms with Crippen molar-refractivity contribution in [3.63, 3.8) is 0 Å². The minimum atomic E-state index is -0.162. The van der Waals surface area contributed by atoms with Gasteiger partial charge in [-0.1, -0.05) is 12.2 Å². The number of hydrogen-bond acceptors (Lipinski definition) is 3. The third-order valence-electron chi connectivity index (χ3n) is 5.24. The molecule has 21 heavy (non-hydrogen) atoms. The molecule has 0 spiro atoms. The van der Waals surface area contributed by atoms with Gasteiger partial charge in [-0.05, 0) is 45.2 Å². The van der Waals surface area contributed by atoms with E-state index < -0.39 is 0 Å². The molecule has 3 rings (SSSR count). The minimum Gasteiger partial charge on any atom is -0.369 e. The summed E-state index contributed by atoms with van der Waals surface area (Å²) in [7, 11) is 0. The van der Waals surface area contributed by atoms with E-state index in [-0.39, 0.29) is 17.7 Å². The third kappa shape index (κ3) is 3.12. The van der Waals surface area contributed by atoms with E-state index in [0.717, 1.165) is 58.3 Å². The number of carbonyl (C=O) groups excluding carboxylic acids is 2. The van der Waals surface area contributed by atoms with Crippen molar-refractivity contribution in [3.8, 4) is 0 Å². The van der Waals surface area contributed by atoms with E-state index in [1.54, 1.807) is 0 Å². The minimum absolute atomic E-state index is 0.0492. The summed E-state index contributed by atoms with van der Waals surface area (Å²) >= 11 is 0. The Morgan fingerprint density at radius 3 is 2.29 bits per heavy atom. The molecule has 0 aromatic rings. The first-order valence-corrected chi connectivity index (χ1v) is 8.12. The van der Waals surface area contributed by atoms with E-state index in [0.29, 0.717) is 11.9 Å². The number of carbonyl (C=O) groups is 2. The predicted octanol–water partition coefficient (Wildman–Crippen LogP) is 0.751. The molecule has 3 aliphatic rings. The SMILES string of the molecule is NC(=O)C1CCN(C2CN(C(=O)C3CC=CCC3)C2)CC1. The van der Waals surface area contributed by atoms with Crippen LogP contribution in [0.2, 0.25) is 0 Å². The van der Waals surface area contributed by atoms with Crippen LogP contribution in [0.3, 0.4) is 0 Å². The van der Waals surface area contributed by atoms with Crippen LogP contribution in [-0.4, -0.2) is 53.8 Å². The highest BCUT2D eigenvalue weighted by atomic mass is 16.2. The van der Waals surface area contributed by atoms with Gasteiger partial charge < -0.3 is 10.6 Å². The molecule has 0 saturated carbocycles. The van der Waals surface area contributed by atoms with Gasteiger partial charge in [0.15, 0.2) is 0 Å². The van der Waals surface area contributed by atoms with Crippen molar-refractivity contribution < 1.29 is 9.59 Å². The number of nitrogens with zero attached hydrogens (tertiary/aromatic N) is 2. The smallest absolute Gasteiger partial charge is 0.226 e. The molecule has 2 fully saturated rings. The molecule has 2 amide bonds. The van der Waals surface area contributed by atoms with Crippen LogP contribution in [0.1, 0.15) is 32.1 Å². The maximum absolute atomic E-state index is 12.4. The van der Waals surface area contributed by atoms with Crippen molar-refractivity contribution in [1.82, 2.24) is 9.80 Å². The van der Waals surface area contributed by atoms with E-state index in [4.69, 9.17) is 5.73 Å². The van der Waals surface area contributed by atoms with E-state index >= 15 is 0 Å². The first-order valence-electron chi connectivity index (χ1n) is 8.12. The molecule has 1 unspecified atom stereocenters. The molecular formula is C16H25N3O2. The van der Waals surface area contributed by atoms with Gasteiger partial charge in [-0.3, -0.25) is 14.5 Å². The monoisotopic (exact) mass is 291 g/mol. The van der Waals surface area contributed by atoms with Crippen molar-refractivity contribution in [3.05, 3.63) is 12.2 Å². The maximum atomic E-state index is 12.4. The molecule has 2 saturated heterocycles. The molecule has 5 heteroatoms. The number of rotatable bonds is 3. The fraction of sp³-hybridized carbons (Fsp3) is 0.750. The molecule has 2 heterocycles. The molecule has 0 bridgehead atoms. The Morgan fingerprint density at radius 2 is 1.71 bits per heavy atom. The molecule has 1 atom stereocenters. The van der Waals surface area contributed by atoms with Gasteiger partial charge in [0.1, 0.15) is 0 Å². The first-order chi connectivity index (χ1) is 10.1. The standard InChI is InChI=1S/C16H25N3O2/c17-15(20)12-6-8-18(9-7-12)14-10-19(11-14)16(21)13-4-2-1-3-5-13/h1-2,12-14H,3-11H2,(H2,17,20). The molecule has 0 radical (unpaired) electrons. The first kappa shape index (κ1) is 14.6. The number of nitrogens with two attached hydrogens (primary N) is 1. The highest BCUT2D eigenvalue weighted by molar-refractivity contribution is 5.80. The Labute approximate surface area is 126 Å². The van der Waals surface area contributed by atoms with Crippen molar-refractivity contribution in [1.29, 1.82) is 0 Å². The summed E-state index contributed by atoms with van der Waals surface area (Å²) in [5.74, 6) is 0.428. The second-order valence-corrected chi connectivity index (χ2v) is 6.59. The zero-order valence-electron chi connectivity index (χ0n) is 12.5. The highest BCUT2D eigenvalue weighted by Gasteiger charge is 2.38. The van der Waals surface area contributed by atoms with Gasteiger partial charge >= 0.3 is 0 Å². The second kappa shape index (κ2) is 6.18. The average Bonchev–Trinajstić information content (AvgIpc) is 2.47. The van der Waals surface area contributed by atoms with Crippen LogP contribution in [0.15, 0.2) is 12.2 Å². The number of piperidine rings is 1. The van der Waals surface area contributed by atoms with Crippen LogP contribution >= 0.6 is 0 Å². The van der Waals surface area contributed by atoms with Crippen LogP contribution < -0.4 is 5.73 Å². The van der Waals surface area contributed by atoms with Crippen LogP contribution in [0.5, 0.6) is 0 Å². The highest BCUT2D eigenvalue weighted by Crippen LogP contribution is 2.27. The van der Waals surface area contributed by atoms with Crippen molar-refractivity contribution in [2.45, 2.75) is 38.1 Å². The van der Waals surface area contributed by atoms with Gasteiger partial charge in [-0.25, -0.2) is 0 Å². The maximum Gasteiger partial charge on any atom is 0.226 e. The van der Waals surface area contributed by atoms with Gasteiger partial charge in [0.25, 0.3) is 0 Å². The largest absolute Gasteiger partial charge is 0.369 e. The van der Waals surface area contributed by atoms with Crippen molar-refractivity contribution in [2.24, 2.45) is 17.6 Å². The van der Waals surface area contributed by atoms with Gasteiger partial charge in [0.05, 0.1) is 0 Å². The molecule has 2 aliphatic heterocycles. The van der Waals surface area contributed by atoms with Gasteiger partial charge in [-0.2, -0.15) is 0 Å². The Kier molecular flexibility index (Phi) is 4.29. The fourth-order valence-corrected chi connectivity index (χ4v) is 3.69. The molecule has 5 nitrogen and oxygen atoms in total. The second-order valence-electron chi connectivity index (χ2n) is 6.59. The Morgan fingerprint density at radius 1 is 1.00 bits per heavy atom. The number of hydrogen-bond donors (Lipinski definition) is 1. The predicted molar refractivity (Wildman–Crippen MR) is 80.3 cm³/mol. The third-order valence-corrected chi connectivity index (χ3v) is 5.24. The fourth-order valence-electron chi connectivity index (χ4n) is 3.69. The van der Waals surface area contributed by atoms with Crippen molar-refractivity contribution in [2.75, 3.05) is 26.2 Å². The molecule has 1 aliphatic carbocycles. The quantitative estimate of drug-likeness (QED) is 0.780. The van der Waals surface area contributed by atoms with Crippen LogP contribution in [0, 0.1) is 11.8 Å².